The third kappa shape index (κ3) is 4.89. The number of amides is 2. The van der Waals surface area contributed by atoms with Gasteiger partial charge in [0.15, 0.2) is 0 Å². The minimum atomic E-state index is -0.968. The fourth-order valence-corrected chi connectivity index (χ4v) is 1.87. The van der Waals surface area contributed by atoms with E-state index in [1.54, 1.807) is 25.2 Å². The number of furan rings is 1. The molecule has 10 heteroatoms. The molecule has 0 unspecified atom stereocenters. The van der Waals surface area contributed by atoms with E-state index in [9.17, 15) is 19.7 Å². The van der Waals surface area contributed by atoms with E-state index in [0.717, 1.165) is 0 Å². The molecule has 0 saturated heterocycles. The zero-order chi connectivity index (χ0) is 18.2. The van der Waals surface area contributed by atoms with Crippen molar-refractivity contribution in [2.45, 2.75) is 6.54 Å². The summed E-state index contributed by atoms with van der Waals surface area (Å²) in [7, 11) is 1.57. The molecule has 0 aliphatic rings. The first kappa shape index (κ1) is 17.7. The van der Waals surface area contributed by atoms with Crippen LogP contribution in [0.4, 0.5) is 11.4 Å². The molecule has 0 bridgehead atoms. The molecule has 2 aromatic rings. The van der Waals surface area contributed by atoms with Gasteiger partial charge < -0.3 is 15.1 Å². The van der Waals surface area contributed by atoms with Gasteiger partial charge in [-0.1, -0.05) is 6.07 Å². The standard InChI is InChI=1S/C15H15N5O5/c1-16-12-5-4-10(7-13(12)20(23)24)8-18-19-15(22)14(21)17-9-11-3-2-6-25-11/h2-8,16H,9H2,1H3,(H,17,21)(H,19,22)/b18-8+. The number of rotatable bonds is 6. The Labute approximate surface area is 142 Å². The number of anilines is 1. The van der Waals surface area contributed by atoms with Gasteiger partial charge in [0.2, 0.25) is 0 Å². The molecule has 0 radical (unpaired) electrons. The van der Waals surface area contributed by atoms with Crippen molar-refractivity contribution in [3.63, 3.8) is 0 Å². The molecule has 0 spiro atoms. The van der Waals surface area contributed by atoms with Crippen LogP contribution in [0.1, 0.15) is 11.3 Å². The minimum absolute atomic E-state index is 0.0701. The predicted octanol–water partition coefficient (Wildman–Crippen LogP) is 0.996. The molecule has 3 N–H and O–H groups in total. The van der Waals surface area contributed by atoms with Crippen molar-refractivity contribution in [2.75, 3.05) is 12.4 Å². The molecular weight excluding hydrogens is 330 g/mol. The maximum Gasteiger partial charge on any atom is 0.329 e. The number of carbonyl (C=O) groups excluding carboxylic acids is 2. The highest BCUT2D eigenvalue weighted by atomic mass is 16.6. The van der Waals surface area contributed by atoms with Crippen LogP contribution in [0.5, 0.6) is 0 Å². The van der Waals surface area contributed by atoms with Crippen LogP contribution in [0.15, 0.2) is 46.1 Å². The Morgan fingerprint density at radius 2 is 2.12 bits per heavy atom. The molecule has 0 atom stereocenters. The van der Waals surface area contributed by atoms with Gasteiger partial charge in [0, 0.05) is 18.7 Å². The monoisotopic (exact) mass is 345 g/mol. The number of benzene rings is 1. The predicted molar refractivity (Wildman–Crippen MR) is 88.9 cm³/mol. The van der Waals surface area contributed by atoms with E-state index < -0.39 is 16.7 Å². The van der Waals surface area contributed by atoms with Crippen LogP contribution in [-0.2, 0) is 16.1 Å². The molecular formula is C15H15N5O5. The maximum absolute atomic E-state index is 11.6. The zero-order valence-corrected chi connectivity index (χ0v) is 13.2. The number of hydrogen-bond donors (Lipinski definition) is 3. The summed E-state index contributed by atoms with van der Waals surface area (Å²) in [4.78, 5) is 33.6. The van der Waals surface area contributed by atoms with Crippen molar-refractivity contribution in [2.24, 2.45) is 5.10 Å². The summed E-state index contributed by atoms with van der Waals surface area (Å²) in [5, 5.41) is 19.6. The summed E-state index contributed by atoms with van der Waals surface area (Å²) >= 11 is 0. The normalized spacial score (nSPS) is 10.4. The Morgan fingerprint density at radius 3 is 2.76 bits per heavy atom. The Kier molecular flexibility index (Phi) is 5.82. The van der Waals surface area contributed by atoms with Gasteiger partial charge in [-0.2, -0.15) is 5.10 Å². The first-order valence-corrected chi connectivity index (χ1v) is 7.11. The molecule has 0 aliphatic heterocycles. The molecule has 1 aromatic heterocycles. The fraction of sp³-hybridized carbons (Fsp3) is 0.133. The van der Waals surface area contributed by atoms with E-state index in [1.807, 2.05) is 5.43 Å². The van der Waals surface area contributed by atoms with Crippen LogP contribution in [0.3, 0.4) is 0 Å². The summed E-state index contributed by atoms with van der Waals surface area (Å²) in [6.07, 6.45) is 2.65. The van der Waals surface area contributed by atoms with E-state index in [2.05, 4.69) is 15.7 Å². The smallest absolute Gasteiger partial charge is 0.329 e. The average Bonchev–Trinajstić information content (AvgIpc) is 3.12. The van der Waals surface area contributed by atoms with Gasteiger partial charge in [-0.15, -0.1) is 0 Å². The number of carbonyl (C=O) groups is 2. The number of nitrogens with zero attached hydrogens (tertiary/aromatic N) is 2. The molecule has 1 heterocycles. The highest BCUT2D eigenvalue weighted by molar-refractivity contribution is 6.35. The average molecular weight is 345 g/mol. The van der Waals surface area contributed by atoms with E-state index in [4.69, 9.17) is 4.42 Å². The second-order valence-corrected chi connectivity index (χ2v) is 4.74. The number of hydrogen-bond acceptors (Lipinski definition) is 7. The number of nitrogens with one attached hydrogen (secondary N) is 3. The third-order valence-corrected chi connectivity index (χ3v) is 3.08. The lowest BCUT2D eigenvalue weighted by molar-refractivity contribution is -0.383. The Hall–Kier alpha value is -3.69. The molecule has 2 amide bonds. The van der Waals surface area contributed by atoms with Crippen molar-refractivity contribution in [1.29, 1.82) is 0 Å². The molecule has 0 aliphatic carbocycles. The highest BCUT2D eigenvalue weighted by Gasteiger charge is 2.14. The lowest BCUT2D eigenvalue weighted by Crippen LogP contribution is -2.37. The molecule has 130 valence electrons. The van der Waals surface area contributed by atoms with Gasteiger partial charge in [-0.05, 0) is 18.2 Å². The van der Waals surface area contributed by atoms with E-state index >= 15 is 0 Å². The van der Waals surface area contributed by atoms with Crippen molar-refractivity contribution in [3.05, 3.63) is 58.0 Å². The summed E-state index contributed by atoms with van der Waals surface area (Å²) in [5.41, 5.74) is 2.65. The number of nitro groups is 1. The summed E-state index contributed by atoms with van der Waals surface area (Å²) < 4.78 is 5.02. The van der Waals surface area contributed by atoms with Crippen LogP contribution < -0.4 is 16.1 Å². The molecule has 10 nitrogen and oxygen atoms in total. The first-order valence-electron chi connectivity index (χ1n) is 7.11. The van der Waals surface area contributed by atoms with Gasteiger partial charge in [0.05, 0.1) is 23.9 Å². The van der Waals surface area contributed by atoms with Gasteiger partial charge in [-0.25, -0.2) is 5.43 Å². The van der Waals surface area contributed by atoms with Gasteiger partial charge in [0.1, 0.15) is 11.4 Å². The summed E-state index contributed by atoms with van der Waals surface area (Å²) in [5.74, 6) is -1.35. The Bertz CT molecular complexity index is 801. The molecule has 25 heavy (non-hydrogen) atoms. The molecule has 1 aromatic carbocycles. The second kappa shape index (κ2) is 8.24. The zero-order valence-electron chi connectivity index (χ0n) is 13.2. The van der Waals surface area contributed by atoms with Gasteiger partial charge >= 0.3 is 11.8 Å². The van der Waals surface area contributed by atoms with Gasteiger partial charge in [-0.3, -0.25) is 19.7 Å². The molecule has 0 saturated carbocycles. The quantitative estimate of drug-likeness (QED) is 0.309. The summed E-state index contributed by atoms with van der Waals surface area (Å²) in [6, 6.07) is 7.68. The molecule has 2 rings (SSSR count). The number of nitro benzene ring substituents is 1. The highest BCUT2D eigenvalue weighted by Crippen LogP contribution is 2.24. The number of hydrazone groups is 1. The van der Waals surface area contributed by atoms with Crippen LogP contribution in [0, 0.1) is 10.1 Å². The minimum Gasteiger partial charge on any atom is -0.467 e. The van der Waals surface area contributed by atoms with Gasteiger partial charge in [0.25, 0.3) is 5.69 Å². The summed E-state index contributed by atoms with van der Waals surface area (Å²) in [6.45, 7) is 0.0701. The van der Waals surface area contributed by atoms with Crippen molar-refractivity contribution >= 4 is 29.4 Å². The van der Waals surface area contributed by atoms with Crippen molar-refractivity contribution in [1.82, 2.24) is 10.7 Å². The lowest BCUT2D eigenvalue weighted by Gasteiger charge is -2.03. The lowest BCUT2D eigenvalue weighted by atomic mass is 10.2. The van der Waals surface area contributed by atoms with Crippen molar-refractivity contribution in [3.8, 4) is 0 Å². The van der Waals surface area contributed by atoms with E-state index in [1.165, 1.54) is 24.6 Å². The van der Waals surface area contributed by atoms with Crippen LogP contribution in [-0.4, -0.2) is 30.0 Å². The van der Waals surface area contributed by atoms with Crippen LogP contribution >= 0.6 is 0 Å². The Balaban J connectivity index is 1.91. The topological polar surface area (TPSA) is 139 Å². The Morgan fingerprint density at radius 1 is 1.32 bits per heavy atom. The second-order valence-electron chi connectivity index (χ2n) is 4.74. The van der Waals surface area contributed by atoms with Crippen molar-refractivity contribution < 1.29 is 18.9 Å². The SMILES string of the molecule is CNc1ccc(/C=N/NC(=O)C(=O)NCc2ccco2)cc1[N+](=O)[O-]. The van der Waals surface area contributed by atoms with E-state index in [-0.39, 0.29) is 12.2 Å². The largest absolute Gasteiger partial charge is 0.467 e. The van der Waals surface area contributed by atoms with Crippen LogP contribution in [0.25, 0.3) is 0 Å². The first-order chi connectivity index (χ1) is 12.0. The van der Waals surface area contributed by atoms with Crippen LogP contribution in [0.2, 0.25) is 0 Å². The third-order valence-electron chi connectivity index (χ3n) is 3.08. The van der Waals surface area contributed by atoms with E-state index in [0.29, 0.717) is 17.0 Å². The fourth-order valence-electron chi connectivity index (χ4n) is 1.87. The maximum atomic E-state index is 11.6. The molecule has 0 fully saturated rings.